The smallest absolute Gasteiger partial charge is 0.238 e. The third-order valence-electron chi connectivity index (χ3n) is 11.1. The summed E-state index contributed by atoms with van der Waals surface area (Å²) in [5, 5.41) is 6.94. The molecule has 0 atom stereocenters. The van der Waals surface area contributed by atoms with E-state index in [1.165, 1.54) is 20.2 Å². The van der Waals surface area contributed by atoms with Crippen molar-refractivity contribution >= 4 is 75.3 Å². The molecule has 0 N–H and O–H groups in total. The van der Waals surface area contributed by atoms with Gasteiger partial charge in [-0.15, -0.1) is 11.3 Å². The first-order valence-electron chi connectivity index (χ1n) is 19.0. The number of aromatic nitrogens is 4. The Morgan fingerprint density at radius 2 is 0.982 bits per heavy atom. The van der Waals surface area contributed by atoms with Crippen LogP contribution >= 0.6 is 11.3 Å². The van der Waals surface area contributed by atoms with E-state index in [-0.39, 0.29) is 0 Å². The lowest BCUT2D eigenvalue weighted by molar-refractivity contribution is 0.669. The molecule has 0 unspecified atom stereocenters. The van der Waals surface area contributed by atoms with Gasteiger partial charge in [0.05, 0.1) is 11.0 Å². The zero-order chi connectivity index (χ0) is 37.5. The Labute approximate surface area is 330 Å². The van der Waals surface area contributed by atoms with Crippen molar-refractivity contribution in [2.45, 2.75) is 0 Å². The predicted octanol–water partition coefficient (Wildman–Crippen LogP) is 13.9. The third-order valence-corrected chi connectivity index (χ3v) is 12.2. The number of thiophene rings is 1. The second-order valence-corrected chi connectivity index (χ2v) is 15.5. The Kier molecular flexibility index (Phi) is 7.03. The van der Waals surface area contributed by atoms with Crippen LogP contribution in [-0.2, 0) is 0 Å². The van der Waals surface area contributed by atoms with Crippen LogP contribution in [0.25, 0.3) is 115 Å². The lowest BCUT2D eigenvalue weighted by Crippen LogP contribution is -2.07. The Balaban J connectivity index is 1.08. The topological polar surface area (TPSA) is 56.7 Å². The van der Waals surface area contributed by atoms with Gasteiger partial charge in [-0.3, -0.25) is 4.57 Å². The van der Waals surface area contributed by atoms with Gasteiger partial charge >= 0.3 is 0 Å². The van der Waals surface area contributed by atoms with Gasteiger partial charge < -0.3 is 4.42 Å². The molecule has 8 aromatic carbocycles. The number of benzene rings is 8. The van der Waals surface area contributed by atoms with Crippen LogP contribution < -0.4 is 0 Å². The second-order valence-electron chi connectivity index (χ2n) is 14.4. The zero-order valence-corrected chi connectivity index (χ0v) is 31.2. The van der Waals surface area contributed by atoms with E-state index >= 15 is 0 Å². The molecular weight excluding hydrogens is 717 g/mol. The molecule has 0 aliphatic carbocycles. The van der Waals surface area contributed by atoms with E-state index in [1.807, 2.05) is 24.3 Å². The summed E-state index contributed by atoms with van der Waals surface area (Å²) in [6, 6.07) is 63.8. The van der Waals surface area contributed by atoms with Crippen LogP contribution in [0.4, 0.5) is 0 Å². The average Bonchev–Trinajstić information content (AvgIpc) is 3.95. The molecule has 0 aliphatic rings. The minimum absolute atomic E-state index is 0.562. The standard InChI is InChI=1S/C51H30N4OS/c1-3-12-31(13-4-1)33-22-25-38-39-26-23-34(29-45(39)56-44(38)28-33)36-18-11-19-42-37-16-7-9-20-43(37)55(48(36)42)51-53-49(32-14-5-2-6-15-32)52-50(54-51)35-24-27-41-40-17-8-10-21-46(40)57-47(41)30-35/h1-30H. The van der Waals surface area contributed by atoms with Crippen LogP contribution in [0.15, 0.2) is 186 Å². The van der Waals surface area contributed by atoms with Gasteiger partial charge in [0.1, 0.15) is 11.2 Å². The monoisotopic (exact) mass is 746 g/mol. The van der Waals surface area contributed by atoms with E-state index in [2.05, 4.69) is 162 Å². The maximum absolute atomic E-state index is 6.60. The Bertz CT molecular complexity index is 3530. The molecule has 4 aromatic heterocycles. The molecule has 12 rings (SSSR count). The van der Waals surface area contributed by atoms with Crippen molar-refractivity contribution in [3.8, 4) is 51.0 Å². The van der Waals surface area contributed by atoms with Gasteiger partial charge in [-0.05, 0) is 59.2 Å². The van der Waals surface area contributed by atoms with Crippen molar-refractivity contribution in [3.05, 3.63) is 182 Å². The van der Waals surface area contributed by atoms with Crippen LogP contribution in [0.3, 0.4) is 0 Å². The molecule has 0 saturated heterocycles. The van der Waals surface area contributed by atoms with Gasteiger partial charge in [0.2, 0.25) is 5.95 Å². The zero-order valence-electron chi connectivity index (χ0n) is 30.4. The fourth-order valence-corrected chi connectivity index (χ4v) is 9.53. The first-order chi connectivity index (χ1) is 28.2. The van der Waals surface area contributed by atoms with Gasteiger partial charge in [-0.25, -0.2) is 4.98 Å². The fraction of sp³-hybridized carbons (Fsp3) is 0. The number of hydrogen-bond acceptors (Lipinski definition) is 5. The first kappa shape index (κ1) is 31.9. The van der Waals surface area contributed by atoms with E-state index in [0.717, 1.165) is 77.1 Å². The van der Waals surface area contributed by atoms with Crippen molar-refractivity contribution in [1.29, 1.82) is 0 Å². The highest BCUT2D eigenvalue weighted by atomic mass is 32.1. The number of hydrogen-bond donors (Lipinski definition) is 0. The molecule has 4 heterocycles. The Morgan fingerprint density at radius 1 is 0.386 bits per heavy atom. The van der Waals surface area contributed by atoms with Crippen LogP contribution in [0.5, 0.6) is 0 Å². The highest BCUT2D eigenvalue weighted by Crippen LogP contribution is 2.41. The molecular formula is C51H30N4OS. The number of fused-ring (bicyclic) bond motifs is 9. The summed E-state index contributed by atoms with van der Waals surface area (Å²) in [5.74, 6) is 1.81. The summed E-state index contributed by atoms with van der Waals surface area (Å²) in [6.45, 7) is 0. The lowest BCUT2D eigenvalue weighted by atomic mass is 10.00. The van der Waals surface area contributed by atoms with Gasteiger partial charge in [-0.2, -0.15) is 9.97 Å². The number of furan rings is 1. The molecule has 0 fully saturated rings. The van der Waals surface area contributed by atoms with Crippen molar-refractivity contribution in [1.82, 2.24) is 19.5 Å². The Morgan fingerprint density at radius 3 is 1.79 bits per heavy atom. The SMILES string of the molecule is c1ccc(-c2ccc3c(c2)oc2cc(-c4cccc5c6ccccc6n(-c6nc(-c7ccccc7)nc(-c7ccc8c(c7)sc7ccccc78)n6)c45)ccc23)cc1. The number of para-hydroxylation sites is 2. The molecule has 0 aliphatic heterocycles. The average molecular weight is 747 g/mol. The summed E-state index contributed by atoms with van der Waals surface area (Å²) < 4.78 is 11.3. The van der Waals surface area contributed by atoms with E-state index in [1.54, 1.807) is 11.3 Å². The van der Waals surface area contributed by atoms with Gasteiger partial charge in [0, 0.05) is 58.4 Å². The van der Waals surface area contributed by atoms with E-state index in [0.29, 0.717) is 17.6 Å². The second kappa shape index (κ2) is 12.6. The lowest BCUT2D eigenvalue weighted by Gasteiger charge is -2.13. The molecule has 6 heteroatoms. The van der Waals surface area contributed by atoms with Crippen molar-refractivity contribution < 1.29 is 4.42 Å². The maximum Gasteiger partial charge on any atom is 0.238 e. The fourth-order valence-electron chi connectivity index (χ4n) is 8.39. The van der Waals surface area contributed by atoms with E-state index in [4.69, 9.17) is 19.4 Å². The molecule has 12 aromatic rings. The highest BCUT2D eigenvalue weighted by molar-refractivity contribution is 7.25. The number of nitrogens with zero attached hydrogens (tertiary/aromatic N) is 4. The van der Waals surface area contributed by atoms with E-state index < -0.39 is 0 Å². The largest absolute Gasteiger partial charge is 0.456 e. The third kappa shape index (κ3) is 5.12. The molecule has 0 bridgehead atoms. The molecule has 5 nitrogen and oxygen atoms in total. The van der Waals surface area contributed by atoms with Gasteiger partial charge in [0.15, 0.2) is 11.6 Å². The van der Waals surface area contributed by atoms with Crippen LogP contribution in [-0.4, -0.2) is 19.5 Å². The van der Waals surface area contributed by atoms with Crippen LogP contribution in [0, 0.1) is 0 Å². The molecule has 57 heavy (non-hydrogen) atoms. The van der Waals surface area contributed by atoms with Crippen molar-refractivity contribution in [2.24, 2.45) is 0 Å². The summed E-state index contributed by atoms with van der Waals surface area (Å²) in [5.41, 5.74) is 10.0. The summed E-state index contributed by atoms with van der Waals surface area (Å²) in [4.78, 5) is 15.7. The molecule has 0 amide bonds. The van der Waals surface area contributed by atoms with E-state index in [9.17, 15) is 0 Å². The van der Waals surface area contributed by atoms with Crippen molar-refractivity contribution in [3.63, 3.8) is 0 Å². The summed E-state index contributed by atoms with van der Waals surface area (Å²) in [7, 11) is 0. The molecule has 0 spiro atoms. The number of rotatable bonds is 5. The minimum atomic E-state index is 0.562. The highest BCUT2D eigenvalue weighted by Gasteiger charge is 2.21. The molecule has 266 valence electrons. The summed E-state index contributed by atoms with van der Waals surface area (Å²) >= 11 is 1.79. The summed E-state index contributed by atoms with van der Waals surface area (Å²) in [6.07, 6.45) is 0. The normalized spacial score (nSPS) is 11.9. The van der Waals surface area contributed by atoms with Crippen LogP contribution in [0.2, 0.25) is 0 Å². The first-order valence-corrected chi connectivity index (χ1v) is 19.8. The predicted molar refractivity (Wildman–Crippen MR) is 236 cm³/mol. The maximum atomic E-state index is 6.60. The van der Waals surface area contributed by atoms with Gasteiger partial charge in [0.25, 0.3) is 0 Å². The minimum Gasteiger partial charge on any atom is -0.456 e. The van der Waals surface area contributed by atoms with Crippen LogP contribution in [0.1, 0.15) is 0 Å². The van der Waals surface area contributed by atoms with Gasteiger partial charge in [-0.1, -0.05) is 140 Å². The molecule has 0 saturated carbocycles. The Hall–Kier alpha value is -7.41. The quantitative estimate of drug-likeness (QED) is 0.176. The van der Waals surface area contributed by atoms with Crippen molar-refractivity contribution in [2.75, 3.05) is 0 Å². The molecule has 0 radical (unpaired) electrons.